The first-order valence-electron chi connectivity index (χ1n) is 13.1. The average Bonchev–Trinajstić information content (AvgIpc) is 3.12. The standard InChI is InChI=1S/C28H45ClO5/c1-5-6-18-28(2,3)25(30)17-16-22-21(13-9-7-8-10-14-26(31)32-4)23(29)20-24(22)34-27-15-11-12-19-33-27/h7,9,16-17,21-24,27H,5-6,8,10-15,18-20H2,1-4H3/t21-,22-,23-,24-,27?/m1/s1. The highest BCUT2D eigenvalue weighted by molar-refractivity contribution is 6.21. The fourth-order valence-electron chi connectivity index (χ4n) is 4.81. The van der Waals surface area contributed by atoms with Gasteiger partial charge in [-0.1, -0.05) is 51.8 Å². The van der Waals surface area contributed by atoms with Gasteiger partial charge >= 0.3 is 5.97 Å². The summed E-state index contributed by atoms with van der Waals surface area (Å²) in [6, 6.07) is 0. The number of allylic oxidation sites excluding steroid dienone is 3. The zero-order valence-electron chi connectivity index (χ0n) is 21.6. The molecule has 0 aromatic rings. The molecule has 0 amide bonds. The Kier molecular flexibility index (Phi) is 12.9. The predicted molar refractivity (Wildman–Crippen MR) is 137 cm³/mol. The Bertz CT molecular complexity index is 680. The molecule has 6 heteroatoms. The van der Waals surface area contributed by atoms with Crippen LogP contribution >= 0.6 is 11.6 Å². The van der Waals surface area contributed by atoms with E-state index in [4.69, 9.17) is 25.8 Å². The molecule has 1 saturated carbocycles. The molecule has 1 aliphatic heterocycles. The summed E-state index contributed by atoms with van der Waals surface area (Å²) in [7, 11) is 1.42. The number of carbonyl (C=O) groups is 2. The number of ketones is 1. The second kappa shape index (κ2) is 15.1. The summed E-state index contributed by atoms with van der Waals surface area (Å²) < 4.78 is 16.9. The van der Waals surface area contributed by atoms with E-state index in [-0.39, 0.29) is 46.8 Å². The van der Waals surface area contributed by atoms with Gasteiger partial charge in [0, 0.05) is 29.7 Å². The van der Waals surface area contributed by atoms with Crippen LogP contribution in [0.25, 0.3) is 0 Å². The first-order valence-corrected chi connectivity index (χ1v) is 13.6. The van der Waals surface area contributed by atoms with Gasteiger partial charge in [-0.05, 0) is 63.4 Å². The highest BCUT2D eigenvalue weighted by atomic mass is 35.5. The van der Waals surface area contributed by atoms with Gasteiger partial charge in [0.15, 0.2) is 12.1 Å². The molecule has 2 fully saturated rings. The summed E-state index contributed by atoms with van der Waals surface area (Å²) in [5.74, 6) is 0.254. The molecule has 0 bridgehead atoms. The van der Waals surface area contributed by atoms with Crippen LogP contribution in [-0.2, 0) is 23.8 Å². The SMILES string of the molecule is CCCCC(C)(C)C(=O)C=C[C@@H]1[C@@H](CC=CCCCC(=O)OC)[C@H](Cl)C[C@H]1OC1CCCCO1. The van der Waals surface area contributed by atoms with E-state index in [1.165, 1.54) is 7.11 Å². The van der Waals surface area contributed by atoms with Gasteiger partial charge in [0.05, 0.1) is 13.2 Å². The first-order chi connectivity index (χ1) is 16.3. The van der Waals surface area contributed by atoms with E-state index in [1.807, 2.05) is 13.8 Å². The minimum absolute atomic E-state index is 0.0221. The van der Waals surface area contributed by atoms with Crippen LogP contribution in [0.1, 0.15) is 91.4 Å². The molecular weight excluding hydrogens is 452 g/mol. The lowest BCUT2D eigenvalue weighted by molar-refractivity contribution is -0.192. The first kappa shape index (κ1) is 29.1. The number of methoxy groups -OCH3 is 1. The summed E-state index contributed by atoms with van der Waals surface area (Å²) in [4.78, 5) is 24.3. The minimum Gasteiger partial charge on any atom is -0.469 e. The number of unbranched alkanes of at least 4 members (excludes halogenated alkanes) is 2. The lowest BCUT2D eigenvalue weighted by Gasteiger charge is -2.29. The molecule has 1 saturated heterocycles. The molecule has 194 valence electrons. The number of halogens is 1. The van der Waals surface area contributed by atoms with Crippen LogP contribution in [-0.4, -0.2) is 43.2 Å². The lowest BCUT2D eigenvalue weighted by Crippen LogP contribution is -2.31. The molecule has 1 aliphatic carbocycles. The fraction of sp³-hybridized carbons (Fsp3) is 0.786. The van der Waals surface area contributed by atoms with Crippen LogP contribution in [0.4, 0.5) is 0 Å². The van der Waals surface area contributed by atoms with Crippen molar-refractivity contribution >= 4 is 23.4 Å². The van der Waals surface area contributed by atoms with E-state index in [0.717, 1.165) is 70.8 Å². The highest BCUT2D eigenvalue weighted by Gasteiger charge is 2.42. The number of rotatable bonds is 14. The van der Waals surface area contributed by atoms with Gasteiger partial charge in [-0.3, -0.25) is 9.59 Å². The van der Waals surface area contributed by atoms with Crippen molar-refractivity contribution in [2.75, 3.05) is 13.7 Å². The van der Waals surface area contributed by atoms with E-state index < -0.39 is 0 Å². The van der Waals surface area contributed by atoms with Crippen molar-refractivity contribution in [3.8, 4) is 0 Å². The molecule has 2 rings (SSSR count). The van der Waals surface area contributed by atoms with Gasteiger partial charge < -0.3 is 14.2 Å². The van der Waals surface area contributed by atoms with Crippen LogP contribution in [0.5, 0.6) is 0 Å². The summed E-state index contributed by atoms with van der Waals surface area (Å²) in [5, 5.41) is -0.0221. The van der Waals surface area contributed by atoms with Crippen molar-refractivity contribution in [3.05, 3.63) is 24.3 Å². The van der Waals surface area contributed by atoms with Crippen LogP contribution in [0.3, 0.4) is 0 Å². The lowest BCUT2D eigenvalue weighted by atomic mass is 9.81. The van der Waals surface area contributed by atoms with Gasteiger partial charge in [0.25, 0.3) is 0 Å². The molecule has 0 radical (unpaired) electrons. The van der Waals surface area contributed by atoms with Gasteiger partial charge in [0.1, 0.15) is 0 Å². The Morgan fingerprint density at radius 1 is 1.18 bits per heavy atom. The monoisotopic (exact) mass is 496 g/mol. The largest absolute Gasteiger partial charge is 0.469 e. The zero-order valence-corrected chi connectivity index (χ0v) is 22.4. The third-order valence-electron chi connectivity index (χ3n) is 7.16. The molecule has 5 atom stereocenters. The van der Waals surface area contributed by atoms with Crippen LogP contribution < -0.4 is 0 Å². The van der Waals surface area contributed by atoms with Gasteiger partial charge in [0.2, 0.25) is 0 Å². The molecule has 34 heavy (non-hydrogen) atoms. The second-order valence-electron chi connectivity index (χ2n) is 10.3. The molecule has 1 unspecified atom stereocenters. The van der Waals surface area contributed by atoms with Crippen molar-refractivity contribution in [1.29, 1.82) is 0 Å². The number of ether oxygens (including phenoxy) is 3. The molecule has 0 aromatic heterocycles. The summed E-state index contributed by atoms with van der Waals surface area (Å²) in [5.41, 5.74) is -0.358. The Balaban J connectivity index is 2.05. The van der Waals surface area contributed by atoms with E-state index in [1.54, 1.807) is 6.08 Å². The minimum atomic E-state index is -0.358. The van der Waals surface area contributed by atoms with E-state index >= 15 is 0 Å². The Hall–Kier alpha value is -1.17. The molecule has 0 N–H and O–H groups in total. The summed E-state index contributed by atoms with van der Waals surface area (Å²) in [6.07, 6.45) is 17.6. The molecule has 2 aliphatic rings. The second-order valence-corrected chi connectivity index (χ2v) is 10.9. The Labute approximate surface area is 211 Å². The van der Waals surface area contributed by atoms with Crippen LogP contribution in [0.2, 0.25) is 0 Å². The van der Waals surface area contributed by atoms with Crippen molar-refractivity contribution < 1.29 is 23.8 Å². The maximum atomic E-state index is 13.0. The van der Waals surface area contributed by atoms with E-state index in [9.17, 15) is 9.59 Å². The highest BCUT2D eigenvalue weighted by Crippen LogP contribution is 2.42. The number of alkyl halides is 1. The maximum Gasteiger partial charge on any atom is 0.305 e. The normalized spacial score (nSPS) is 28.1. The van der Waals surface area contributed by atoms with Crippen molar-refractivity contribution in [3.63, 3.8) is 0 Å². The number of carbonyl (C=O) groups excluding carboxylic acids is 2. The molecule has 1 heterocycles. The van der Waals surface area contributed by atoms with E-state index in [2.05, 4.69) is 25.2 Å². The van der Waals surface area contributed by atoms with Crippen molar-refractivity contribution in [2.24, 2.45) is 17.3 Å². The molecular formula is C28H45ClO5. The third-order valence-corrected chi connectivity index (χ3v) is 7.66. The Morgan fingerprint density at radius 3 is 2.65 bits per heavy atom. The molecule has 5 nitrogen and oxygen atoms in total. The molecule has 0 spiro atoms. The third kappa shape index (κ3) is 9.47. The van der Waals surface area contributed by atoms with Crippen LogP contribution in [0.15, 0.2) is 24.3 Å². The topological polar surface area (TPSA) is 61.8 Å². The smallest absolute Gasteiger partial charge is 0.305 e. The maximum absolute atomic E-state index is 13.0. The zero-order chi connectivity index (χ0) is 25.0. The fourth-order valence-corrected chi connectivity index (χ4v) is 5.25. The molecule has 0 aromatic carbocycles. The van der Waals surface area contributed by atoms with Gasteiger partial charge in [-0.15, -0.1) is 11.6 Å². The van der Waals surface area contributed by atoms with Gasteiger partial charge in [-0.2, -0.15) is 0 Å². The van der Waals surface area contributed by atoms with Crippen molar-refractivity contribution in [2.45, 2.75) is 109 Å². The van der Waals surface area contributed by atoms with Crippen LogP contribution in [0, 0.1) is 17.3 Å². The number of hydrogen-bond acceptors (Lipinski definition) is 5. The van der Waals surface area contributed by atoms with Crippen molar-refractivity contribution in [1.82, 2.24) is 0 Å². The predicted octanol–water partition coefficient (Wildman–Crippen LogP) is 6.77. The summed E-state index contributed by atoms with van der Waals surface area (Å²) >= 11 is 6.82. The Morgan fingerprint density at radius 2 is 1.97 bits per heavy atom. The van der Waals surface area contributed by atoms with Gasteiger partial charge in [-0.25, -0.2) is 0 Å². The average molecular weight is 497 g/mol. The van der Waals surface area contributed by atoms with E-state index in [0.29, 0.717) is 6.42 Å². The summed E-state index contributed by atoms with van der Waals surface area (Å²) in [6.45, 7) is 6.96. The number of esters is 1. The number of hydrogen-bond donors (Lipinski definition) is 0. The quantitative estimate of drug-likeness (QED) is 0.0872.